The summed E-state index contributed by atoms with van der Waals surface area (Å²) in [5.74, 6) is 4.52. The van der Waals surface area contributed by atoms with Crippen molar-refractivity contribution in [3.63, 3.8) is 0 Å². The van der Waals surface area contributed by atoms with Gasteiger partial charge in [0, 0.05) is 34.4 Å². The van der Waals surface area contributed by atoms with E-state index in [2.05, 4.69) is 50.4 Å². The van der Waals surface area contributed by atoms with Gasteiger partial charge < -0.3 is 43.8 Å². The minimum absolute atomic E-state index is 0.0559. The summed E-state index contributed by atoms with van der Waals surface area (Å²) in [7, 11) is -17.1. The molecule has 0 radical (unpaired) electrons. The number of H-pyrrole nitrogens is 1. The number of hydrogen-bond donors (Lipinski definition) is 6. The Morgan fingerprint density at radius 2 is 1.90 bits per heavy atom. The van der Waals surface area contributed by atoms with E-state index >= 15 is 0 Å². The summed E-state index contributed by atoms with van der Waals surface area (Å²) in [6, 6.07) is 6.40. The fourth-order valence-electron chi connectivity index (χ4n) is 4.70. The summed E-state index contributed by atoms with van der Waals surface area (Å²) in [5, 5.41) is 9.03. The van der Waals surface area contributed by atoms with Crippen LogP contribution in [0.4, 0.5) is 0 Å². The minimum atomic E-state index is -5.84. The molecule has 1 aromatic carbocycles. The molecule has 0 spiro atoms. The van der Waals surface area contributed by atoms with E-state index in [0.717, 1.165) is 23.6 Å². The number of unbranched alkanes of at least 4 members (excludes halogenated alkanes) is 1. The minimum Gasteiger partial charge on any atom is -0.491 e. The van der Waals surface area contributed by atoms with Gasteiger partial charge in [-0.2, -0.15) is 8.62 Å². The van der Waals surface area contributed by atoms with Crippen LogP contribution in [0.25, 0.3) is 20.9 Å². The van der Waals surface area contributed by atoms with E-state index in [9.17, 15) is 42.7 Å². The van der Waals surface area contributed by atoms with Crippen LogP contribution in [0.2, 0.25) is 0 Å². The number of aromatic nitrogens is 2. The number of benzene rings is 1. The Morgan fingerprint density at radius 1 is 1.14 bits per heavy atom. The number of carbonyl (C=O) groups excluding carboxylic acids is 2. The SMILES string of the molecule is CCCCC(=O)c1cccc(OCC(N=[N+]=[N-])OCC(=O)NCC#Cc2cn([C@H]3CC(OCN=[N+]=[N-])[C@@H](COP(=O)(O)OP(=O)(O)OP(=O)(O)O)O3)c(=O)[nH]c2=O)c1. The van der Waals surface area contributed by atoms with Gasteiger partial charge in [0.1, 0.15) is 43.6 Å². The molecule has 1 aliphatic heterocycles. The van der Waals surface area contributed by atoms with Gasteiger partial charge in [-0.15, -0.1) is 0 Å². The molecule has 1 saturated heterocycles. The Kier molecular flexibility index (Phi) is 18.5. The molecule has 1 aromatic heterocycles. The highest BCUT2D eigenvalue weighted by Crippen LogP contribution is 2.66. The number of rotatable bonds is 23. The summed E-state index contributed by atoms with van der Waals surface area (Å²) < 4.78 is 69.5. The average Bonchev–Trinajstić information content (AvgIpc) is 3.54. The van der Waals surface area contributed by atoms with E-state index in [1.54, 1.807) is 18.2 Å². The molecule has 30 heteroatoms. The third-order valence-corrected chi connectivity index (χ3v) is 11.0. The van der Waals surface area contributed by atoms with Gasteiger partial charge in [0.05, 0.1) is 19.3 Å². The van der Waals surface area contributed by atoms with Crippen molar-refractivity contribution in [1.29, 1.82) is 0 Å². The first-order valence-corrected chi connectivity index (χ1v) is 21.0. The zero-order valence-corrected chi connectivity index (χ0v) is 32.7. The standard InChI is InChI=1S/C28H36N9O18P3/c1-2-3-9-21(38)18-6-4-8-20(11-18)49-16-25(34-36-30)50-15-24(39)31-10-5-7-19-13-37(28(41)33-27(19)40)26-12-22(51-17-32-35-29)23(53-26)14-52-57(45,46)55-58(47,48)54-56(42,43)44/h4,6,8,11,13,22-23,25-26H,2-3,9-10,12,14-17H2,1H3,(H,31,39)(H,45,46)(H,47,48)(H,33,40,41)(H2,42,43,44)/t22?,23-,25?,26-/m1/s1. The molecule has 316 valence electrons. The fourth-order valence-corrected chi connectivity index (χ4v) is 7.73. The van der Waals surface area contributed by atoms with Gasteiger partial charge in [0.15, 0.2) is 12.0 Å². The van der Waals surface area contributed by atoms with Gasteiger partial charge in [-0.3, -0.25) is 28.5 Å². The van der Waals surface area contributed by atoms with Crippen molar-refractivity contribution in [2.24, 2.45) is 10.2 Å². The van der Waals surface area contributed by atoms with Crippen molar-refractivity contribution < 1.29 is 75.0 Å². The Balaban J connectivity index is 1.61. The van der Waals surface area contributed by atoms with Crippen molar-refractivity contribution in [3.05, 3.63) is 83.3 Å². The average molecular weight is 880 g/mol. The second-order valence-corrected chi connectivity index (χ2v) is 15.9. The number of Topliss-reactive ketones (excluding diaryl/α,β-unsaturated/α-hetero) is 1. The molecule has 0 aliphatic carbocycles. The highest BCUT2D eigenvalue weighted by atomic mass is 31.3. The normalized spacial score (nSPS) is 18.9. The van der Waals surface area contributed by atoms with Gasteiger partial charge in [-0.1, -0.05) is 47.5 Å². The lowest BCUT2D eigenvalue weighted by molar-refractivity contribution is -0.127. The maximum atomic E-state index is 12.7. The van der Waals surface area contributed by atoms with Crippen LogP contribution in [0.15, 0.2) is 50.3 Å². The summed E-state index contributed by atoms with van der Waals surface area (Å²) in [6.45, 7) is -0.841. The monoisotopic (exact) mass is 879 g/mol. The smallest absolute Gasteiger partial charge is 0.490 e. The summed E-state index contributed by atoms with van der Waals surface area (Å²) in [5.41, 5.74) is 15.7. The molecule has 3 rings (SSSR count). The molecule has 6 atom stereocenters. The highest BCUT2D eigenvalue weighted by Gasteiger charge is 2.43. The summed E-state index contributed by atoms with van der Waals surface area (Å²) >= 11 is 0. The predicted molar refractivity (Wildman–Crippen MR) is 193 cm³/mol. The lowest BCUT2D eigenvalue weighted by Gasteiger charge is -2.20. The molecule has 2 aromatic rings. The Bertz CT molecular complexity index is 2210. The van der Waals surface area contributed by atoms with E-state index in [1.165, 1.54) is 6.07 Å². The molecular weight excluding hydrogens is 843 g/mol. The number of phosphoric ester groups is 1. The van der Waals surface area contributed by atoms with Crippen molar-refractivity contribution in [1.82, 2.24) is 14.9 Å². The van der Waals surface area contributed by atoms with Gasteiger partial charge >= 0.3 is 29.2 Å². The number of azide groups is 2. The number of aromatic amines is 1. The predicted octanol–water partition coefficient (Wildman–Crippen LogP) is 2.39. The molecule has 1 amide bonds. The molecule has 0 bridgehead atoms. The van der Waals surface area contributed by atoms with E-state index in [4.69, 9.17) is 39.8 Å². The van der Waals surface area contributed by atoms with E-state index in [-0.39, 0.29) is 30.9 Å². The number of ether oxygens (including phenoxy) is 4. The Hall–Kier alpha value is -4.69. The first kappa shape index (κ1) is 47.7. The zero-order chi connectivity index (χ0) is 42.9. The van der Waals surface area contributed by atoms with Crippen molar-refractivity contribution >= 4 is 35.2 Å². The fraction of sp³-hybridized carbons (Fsp3) is 0.500. The molecule has 4 unspecified atom stereocenters. The molecule has 1 aliphatic rings. The van der Waals surface area contributed by atoms with Crippen LogP contribution < -0.4 is 21.3 Å². The number of phosphoric acid groups is 3. The third-order valence-electron chi connectivity index (χ3n) is 7.18. The van der Waals surface area contributed by atoms with Gasteiger partial charge in [-0.25, -0.2) is 18.5 Å². The third kappa shape index (κ3) is 16.7. The van der Waals surface area contributed by atoms with Crippen molar-refractivity contribution in [2.75, 3.05) is 33.1 Å². The van der Waals surface area contributed by atoms with E-state index in [1.807, 2.05) is 11.9 Å². The van der Waals surface area contributed by atoms with Gasteiger partial charge in [0.2, 0.25) is 5.91 Å². The first-order chi connectivity index (χ1) is 27.3. The van der Waals surface area contributed by atoms with Gasteiger partial charge in [0.25, 0.3) is 5.56 Å². The van der Waals surface area contributed by atoms with Crippen LogP contribution >= 0.6 is 23.5 Å². The van der Waals surface area contributed by atoms with Crippen LogP contribution in [0, 0.1) is 11.8 Å². The van der Waals surface area contributed by atoms with E-state index in [0.29, 0.717) is 17.7 Å². The Morgan fingerprint density at radius 3 is 2.59 bits per heavy atom. The van der Waals surface area contributed by atoms with Crippen LogP contribution in [0.3, 0.4) is 0 Å². The van der Waals surface area contributed by atoms with Crippen molar-refractivity contribution in [3.8, 4) is 17.6 Å². The Labute approximate surface area is 326 Å². The van der Waals surface area contributed by atoms with Crippen molar-refractivity contribution in [2.45, 2.75) is 57.3 Å². The van der Waals surface area contributed by atoms with E-state index < -0.39 is 85.2 Å². The zero-order valence-electron chi connectivity index (χ0n) is 30.0. The van der Waals surface area contributed by atoms with Gasteiger partial charge in [-0.05, 0) is 29.6 Å². The number of hydrogen-bond acceptors (Lipinski definition) is 16. The number of nitrogens with zero attached hydrogens (tertiary/aromatic N) is 7. The molecule has 6 N–H and O–H groups in total. The quantitative estimate of drug-likeness (QED) is 0.0233. The first-order valence-electron chi connectivity index (χ1n) is 16.4. The molecule has 0 saturated carbocycles. The lowest BCUT2D eigenvalue weighted by atomic mass is 10.1. The lowest BCUT2D eigenvalue weighted by Crippen LogP contribution is -2.34. The molecule has 58 heavy (non-hydrogen) atoms. The maximum Gasteiger partial charge on any atom is 0.490 e. The molecule has 27 nitrogen and oxygen atoms in total. The molecule has 2 heterocycles. The highest BCUT2D eigenvalue weighted by molar-refractivity contribution is 7.66. The van der Waals surface area contributed by atoms with Crippen LogP contribution in [-0.2, 0) is 45.8 Å². The van der Waals surface area contributed by atoms with Crippen LogP contribution in [0.1, 0.15) is 54.8 Å². The number of amides is 1. The second-order valence-electron chi connectivity index (χ2n) is 11.4. The summed E-state index contributed by atoms with van der Waals surface area (Å²) in [4.78, 5) is 93.7. The summed E-state index contributed by atoms with van der Waals surface area (Å²) in [6.07, 6.45) is -2.42. The van der Waals surface area contributed by atoms with Crippen LogP contribution in [-0.4, -0.2) is 92.3 Å². The number of nitrogens with one attached hydrogen (secondary N) is 2. The topological polar surface area (TPSA) is 395 Å². The second kappa shape index (κ2) is 22.5. The number of ketones is 1. The molecule has 1 fully saturated rings. The number of carbonyl (C=O) groups is 2. The maximum absolute atomic E-state index is 12.7. The largest absolute Gasteiger partial charge is 0.491 e. The molecular formula is C28H36N9O18P3. The van der Waals surface area contributed by atoms with Crippen LogP contribution in [0.5, 0.6) is 5.75 Å².